The maximum absolute atomic E-state index is 11.6. The zero-order chi connectivity index (χ0) is 13.3. The molecule has 0 aromatic heterocycles. The Balaban J connectivity index is 2.20. The molecule has 8 nitrogen and oxygen atoms in total. The molecule has 0 amide bonds. The van der Waals surface area contributed by atoms with Crippen molar-refractivity contribution in [2.75, 3.05) is 32.8 Å². The monoisotopic (exact) mass is 258 g/mol. The van der Waals surface area contributed by atoms with Crippen LogP contribution in [0.3, 0.4) is 0 Å². The summed E-state index contributed by atoms with van der Waals surface area (Å²) in [4.78, 5) is 24.7. The fraction of sp³-hybridized carbons (Fsp3) is 1.00. The van der Waals surface area contributed by atoms with Crippen LogP contribution in [-0.4, -0.2) is 53.8 Å². The molecular weight excluding hydrogens is 240 g/mol. The van der Waals surface area contributed by atoms with Crippen LogP contribution in [0.25, 0.3) is 0 Å². The number of quaternary nitrogens is 2. The molecule has 4 saturated heterocycles. The lowest BCUT2D eigenvalue weighted by atomic mass is 9.54. The van der Waals surface area contributed by atoms with Gasteiger partial charge >= 0.3 is 11.1 Å². The minimum atomic E-state index is -1.15. The number of nitrogens with one attached hydrogen (secondary N) is 2. The first-order valence-corrected chi connectivity index (χ1v) is 6.21. The summed E-state index contributed by atoms with van der Waals surface area (Å²) in [5.41, 5.74) is -3.21. The van der Waals surface area contributed by atoms with Gasteiger partial charge in [-0.05, 0) is 13.8 Å². The van der Waals surface area contributed by atoms with Gasteiger partial charge in [0.15, 0.2) is 26.2 Å². The van der Waals surface area contributed by atoms with E-state index < -0.39 is 16.5 Å². The number of piperidine rings is 2. The zero-order valence-corrected chi connectivity index (χ0v) is 10.6. The van der Waals surface area contributed by atoms with Gasteiger partial charge in [-0.15, -0.1) is 0 Å². The van der Waals surface area contributed by atoms with E-state index in [1.807, 2.05) is 0 Å². The van der Waals surface area contributed by atoms with Gasteiger partial charge in [0, 0.05) is 9.85 Å². The molecule has 4 aliphatic rings. The molecule has 4 rings (SSSR count). The van der Waals surface area contributed by atoms with Crippen molar-refractivity contribution >= 4 is 0 Å². The number of nitrogens with zero attached hydrogens (tertiary/aromatic N) is 2. The van der Waals surface area contributed by atoms with Gasteiger partial charge in [0.2, 0.25) is 6.67 Å². The van der Waals surface area contributed by atoms with Crippen molar-refractivity contribution in [3.05, 3.63) is 20.2 Å². The van der Waals surface area contributed by atoms with Gasteiger partial charge in [-0.3, -0.25) is 30.0 Å². The molecule has 4 aliphatic heterocycles. The molecule has 0 spiro atoms. The van der Waals surface area contributed by atoms with E-state index in [1.54, 1.807) is 13.8 Å². The lowest BCUT2D eigenvalue weighted by Gasteiger charge is -2.58. The third-order valence-electron chi connectivity index (χ3n) is 5.70. The summed E-state index contributed by atoms with van der Waals surface area (Å²) in [5, 5.41) is 23.2. The predicted molar refractivity (Wildman–Crippen MR) is 59.5 cm³/mol. The predicted octanol–water partition coefficient (Wildman–Crippen LogP) is -3.19. The summed E-state index contributed by atoms with van der Waals surface area (Å²) in [7, 11) is 0. The second kappa shape index (κ2) is 3.00. The van der Waals surface area contributed by atoms with Crippen LogP contribution in [0.4, 0.5) is 0 Å². The van der Waals surface area contributed by atoms with Gasteiger partial charge in [0.25, 0.3) is 0 Å². The van der Waals surface area contributed by atoms with E-state index >= 15 is 0 Å². The Kier molecular flexibility index (Phi) is 1.96. The van der Waals surface area contributed by atoms with Gasteiger partial charge in [-0.1, -0.05) is 0 Å². The normalized spacial score (nSPS) is 48.1. The minimum Gasteiger partial charge on any atom is -0.276 e. The fourth-order valence-corrected chi connectivity index (χ4v) is 4.54. The van der Waals surface area contributed by atoms with E-state index in [4.69, 9.17) is 0 Å². The molecule has 0 atom stereocenters. The molecule has 18 heavy (non-hydrogen) atoms. The molecule has 2 N–H and O–H groups in total. The summed E-state index contributed by atoms with van der Waals surface area (Å²) < 4.78 is 0. The molecule has 0 saturated carbocycles. The number of hydrogen-bond donors (Lipinski definition) is 2. The summed E-state index contributed by atoms with van der Waals surface area (Å²) >= 11 is 0. The number of hydrogen-bond acceptors (Lipinski definition) is 4. The van der Waals surface area contributed by atoms with Crippen molar-refractivity contribution in [3.63, 3.8) is 0 Å². The largest absolute Gasteiger partial charge is 0.329 e. The fourth-order valence-electron chi connectivity index (χ4n) is 4.54. The highest BCUT2D eigenvalue weighted by Gasteiger charge is 2.85. The van der Waals surface area contributed by atoms with Crippen LogP contribution in [0.1, 0.15) is 13.8 Å². The van der Waals surface area contributed by atoms with Crippen LogP contribution < -0.4 is 9.80 Å². The molecule has 0 aliphatic carbocycles. The molecule has 8 heteroatoms. The Morgan fingerprint density at radius 3 is 1.50 bits per heavy atom. The second-order valence-corrected chi connectivity index (χ2v) is 6.59. The lowest BCUT2D eigenvalue weighted by molar-refractivity contribution is -1.16. The van der Waals surface area contributed by atoms with Crippen LogP contribution in [0, 0.1) is 25.6 Å². The standard InChI is InChI=1S/C10H16N4O4/c1-8(2)9(13(15)16)3-11-5-10(8,14(17)18)6-12(4-9)7-11/h3-7H2,1-2H3/p+2. The molecule has 0 aromatic carbocycles. The quantitative estimate of drug-likeness (QED) is 0.403. The van der Waals surface area contributed by atoms with Crippen LogP contribution in [0.15, 0.2) is 0 Å². The lowest BCUT2D eigenvalue weighted by Crippen LogP contribution is -3.43. The highest BCUT2D eigenvalue weighted by atomic mass is 16.6. The Hall–Kier alpha value is -1.28. The Bertz CT molecular complexity index is 399. The summed E-state index contributed by atoms with van der Waals surface area (Å²) in [6.45, 7) is 5.91. The Morgan fingerprint density at radius 1 is 0.889 bits per heavy atom. The zero-order valence-electron chi connectivity index (χ0n) is 10.6. The molecule has 0 unspecified atom stereocenters. The van der Waals surface area contributed by atoms with E-state index in [9.17, 15) is 20.2 Å². The second-order valence-electron chi connectivity index (χ2n) is 6.59. The van der Waals surface area contributed by atoms with Gasteiger partial charge in [-0.2, -0.15) is 0 Å². The first-order valence-electron chi connectivity index (χ1n) is 6.21. The number of nitro groups is 2. The van der Waals surface area contributed by atoms with Crippen molar-refractivity contribution < 1.29 is 19.6 Å². The average Bonchev–Trinajstić information content (AvgIpc) is 2.24. The summed E-state index contributed by atoms with van der Waals surface area (Å²) in [6.07, 6.45) is 0. The minimum absolute atomic E-state index is 0.247. The van der Waals surface area contributed by atoms with E-state index in [0.717, 1.165) is 16.5 Å². The maximum Gasteiger partial charge on any atom is 0.329 e. The topological polar surface area (TPSA) is 95.2 Å². The molecule has 0 aromatic rings. The molecule has 100 valence electrons. The van der Waals surface area contributed by atoms with E-state index in [2.05, 4.69) is 0 Å². The summed E-state index contributed by atoms with van der Waals surface area (Å²) in [6, 6.07) is 0. The number of rotatable bonds is 2. The Labute approximate surface area is 104 Å². The van der Waals surface area contributed by atoms with E-state index in [1.165, 1.54) is 0 Å². The van der Waals surface area contributed by atoms with Crippen molar-refractivity contribution in [3.8, 4) is 0 Å². The smallest absolute Gasteiger partial charge is 0.276 e. The molecular formula is C10H18N4O4+2. The van der Waals surface area contributed by atoms with Gasteiger partial charge < -0.3 is 0 Å². The van der Waals surface area contributed by atoms with Gasteiger partial charge in [0.05, 0.1) is 0 Å². The first kappa shape index (κ1) is 11.8. The molecule has 0 radical (unpaired) electrons. The molecule has 4 bridgehead atoms. The van der Waals surface area contributed by atoms with Crippen LogP contribution in [0.5, 0.6) is 0 Å². The Morgan fingerprint density at radius 2 is 1.22 bits per heavy atom. The molecule has 4 fully saturated rings. The third kappa shape index (κ3) is 0.997. The highest BCUT2D eigenvalue weighted by molar-refractivity contribution is 5.11. The van der Waals surface area contributed by atoms with E-state index in [0.29, 0.717) is 26.2 Å². The SMILES string of the molecule is CC1(C)C2([N+](=O)[O-])C[NH+]3C[NH+](C2)CC1([N+](=O)[O-])C3. The van der Waals surface area contributed by atoms with Crippen molar-refractivity contribution in [1.82, 2.24) is 0 Å². The van der Waals surface area contributed by atoms with Gasteiger partial charge in [-0.25, -0.2) is 0 Å². The van der Waals surface area contributed by atoms with Crippen LogP contribution in [-0.2, 0) is 0 Å². The maximum atomic E-state index is 11.6. The van der Waals surface area contributed by atoms with Crippen LogP contribution in [0.2, 0.25) is 0 Å². The summed E-state index contributed by atoms with van der Waals surface area (Å²) in [5.74, 6) is 0. The van der Waals surface area contributed by atoms with Crippen molar-refractivity contribution in [2.24, 2.45) is 5.41 Å². The molecule has 4 heterocycles. The van der Waals surface area contributed by atoms with Crippen molar-refractivity contribution in [1.29, 1.82) is 0 Å². The first-order chi connectivity index (χ1) is 8.25. The third-order valence-corrected chi connectivity index (χ3v) is 5.70. The van der Waals surface area contributed by atoms with Gasteiger partial charge in [0.1, 0.15) is 5.41 Å². The van der Waals surface area contributed by atoms with Crippen LogP contribution >= 0.6 is 0 Å². The van der Waals surface area contributed by atoms with Crippen molar-refractivity contribution in [2.45, 2.75) is 24.9 Å². The highest BCUT2D eigenvalue weighted by Crippen LogP contribution is 2.47. The average molecular weight is 258 g/mol. The van der Waals surface area contributed by atoms with E-state index in [-0.39, 0.29) is 9.85 Å².